The molecule has 0 heterocycles. The van der Waals surface area contributed by atoms with Crippen LogP contribution < -0.4 is 10.6 Å². The lowest BCUT2D eigenvalue weighted by atomic mass is 10.2. The maximum atomic E-state index is 11.6. The highest BCUT2D eigenvalue weighted by Crippen LogP contribution is 2.25. The van der Waals surface area contributed by atoms with Crippen LogP contribution in [0.1, 0.15) is 12.8 Å². The van der Waals surface area contributed by atoms with Crippen LogP contribution in [0.2, 0.25) is 0 Å². The lowest BCUT2D eigenvalue weighted by molar-refractivity contribution is -0.120. The zero-order valence-corrected chi connectivity index (χ0v) is 9.01. The molecular weight excluding hydrogens is 208 g/mol. The summed E-state index contributed by atoms with van der Waals surface area (Å²) in [5.74, 6) is -0.246. The highest BCUT2D eigenvalue weighted by Gasteiger charge is 2.11. The Kier molecular flexibility index (Phi) is 3.88. The second-order valence-electron chi connectivity index (χ2n) is 3.40. The molecule has 3 N–H and O–H groups in total. The van der Waals surface area contributed by atoms with Crippen molar-refractivity contribution in [3.05, 3.63) is 18.2 Å². The first-order valence-corrected chi connectivity index (χ1v) is 4.85. The summed E-state index contributed by atoms with van der Waals surface area (Å²) in [6.45, 7) is 0. The van der Waals surface area contributed by atoms with E-state index in [2.05, 4.69) is 0 Å². The Balaban J connectivity index is 2.79. The van der Waals surface area contributed by atoms with Gasteiger partial charge in [0.1, 0.15) is 12.0 Å². The maximum Gasteiger partial charge on any atom is 0.227 e. The van der Waals surface area contributed by atoms with Crippen LogP contribution in [0.25, 0.3) is 0 Å². The molecule has 0 aromatic heterocycles. The number of hydrogen-bond acceptors (Lipinski definition) is 4. The van der Waals surface area contributed by atoms with E-state index in [0.29, 0.717) is 12.0 Å². The van der Waals surface area contributed by atoms with Crippen LogP contribution in [0.15, 0.2) is 18.2 Å². The number of amides is 1. The van der Waals surface area contributed by atoms with Gasteiger partial charge in [0.25, 0.3) is 0 Å². The summed E-state index contributed by atoms with van der Waals surface area (Å²) < 4.78 is 0. The number of anilines is 2. The van der Waals surface area contributed by atoms with E-state index in [4.69, 9.17) is 5.73 Å². The van der Waals surface area contributed by atoms with Crippen LogP contribution in [0.3, 0.4) is 0 Å². The highest BCUT2D eigenvalue weighted by molar-refractivity contribution is 5.94. The number of benzene rings is 1. The molecule has 1 amide bonds. The number of aromatic hydroxyl groups is 1. The molecule has 0 saturated heterocycles. The Bertz CT molecular complexity index is 404. The van der Waals surface area contributed by atoms with Crippen molar-refractivity contribution in [2.45, 2.75) is 12.8 Å². The van der Waals surface area contributed by atoms with Gasteiger partial charge in [-0.1, -0.05) is 0 Å². The average Bonchev–Trinajstić information content (AvgIpc) is 2.28. The number of nitrogens with zero attached hydrogens (tertiary/aromatic N) is 1. The minimum atomic E-state index is -0.184. The molecular formula is C11H14N2O3. The highest BCUT2D eigenvalue weighted by atomic mass is 16.3. The zero-order chi connectivity index (χ0) is 12.1. The third-order valence-electron chi connectivity index (χ3n) is 2.25. The second-order valence-corrected chi connectivity index (χ2v) is 3.40. The molecule has 0 radical (unpaired) electrons. The quantitative estimate of drug-likeness (QED) is 0.450. The first kappa shape index (κ1) is 12.0. The van der Waals surface area contributed by atoms with Gasteiger partial charge in [0.15, 0.2) is 0 Å². The summed E-state index contributed by atoms with van der Waals surface area (Å²) in [6, 6.07) is 4.57. The smallest absolute Gasteiger partial charge is 0.227 e. The molecule has 5 heteroatoms. The van der Waals surface area contributed by atoms with E-state index in [-0.39, 0.29) is 30.2 Å². The molecule has 5 nitrogen and oxygen atoms in total. The van der Waals surface area contributed by atoms with Crippen molar-refractivity contribution >= 4 is 23.6 Å². The number of aldehydes is 1. The van der Waals surface area contributed by atoms with Gasteiger partial charge in [-0.2, -0.15) is 0 Å². The third-order valence-corrected chi connectivity index (χ3v) is 2.25. The summed E-state index contributed by atoms with van der Waals surface area (Å²) in [7, 11) is 1.58. The number of carbonyl (C=O) groups is 2. The van der Waals surface area contributed by atoms with Crippen molar-refractivity contribution in [3.8, 4) is 5.75 Å². The lowest BCUT2D eigenvalue weighted by Crippen LogP contribution is -2.25. The fourth-order valence-corrected chi connectivity index (χ4v) is 1.23. The van der Waals surface area contributed by atoms with Gasteiger partial charge in [-0.3, -0.25) is 4.79 Å². The third kappa shape index (κ3) is 2.73. The predicted octanol–water partition coefficient (Wildman–Crippen LogP) is 0.916. The van der Waals surface area contributed by atoms with Gasteiger partial charge in [0, 0.05) is 31.6 Å². The number of rotatable bonds is 4. The summed E-state index contributed by atoms with van der Waals surface area (Å²) >= 11 is 0. The molecule has 1 rings (SSSR count). The zero-order valence-electron chi connectivity index (χ0n) is 9.01. The molecule has 0 atom stereocenters. The molecule has 0 aliphatic heterocycles. The Hall–Kier alpha value is -2.04. The predicted molar refractivity (Wildman–Crippen MR) is 61.2 cm³/mol. The normalized spacial score (nSPS) is 9.81. The van der Waals surface area contributed by atoms with E-state index in [9.17, 15) is 14.7 Å². The number of nitrogens with two attached hydrogens (primary N) is 1. The van der Waals surface area contributed by atoms with Gasteiger partial charge in [-0.15, -0.1) is 0 Å². The number of phenols is 1. The van der Waals surface area contributed by atoms with Crippen LogP contribution >= 0.6 is 0 Å². The first-order chi connectivity index (χ1) is 7.56. The lowest BCUT2D eigenvalue weighted by Gasteiger charge is -2.17. The van der Waals surface area contributed by atoms with Crippen molar-refractivity contribution in [3.63, 3.8) is 0 Å². The summed E-state index contributed by atoms with van der Waals surface area (Å²) in [5.41, 5.74) is 6.25. The van der Waals surface area contributed by atoms with E-state index in [1.807, 2.05) is 0 Å². The fourth-order valence-electron chi connectivity index (χ4n) is 1.23. The summed E-state index contributed by atoms with van der Waals surface area (Å²) in [5, 5.41) is 9.39. The summed E-state index contributed by atoms with van der Waals surface area (Å²) in [4.78, 5) is 23.1. The van der Waals surface area contributed by atoms with Gasteiger partial charge >= 0.3 is 0 Å². The van der Waals surface area contributed by atoms with Gasteiger partial charge in [-0.05, 0) is 12.1 Å². The molecule has 0 spiro atoms. The fraction of sp³-hybridized carbons (Fsp3) is 0.273. The van der Waals surface area contributed by atoms with Gasteiger partial charge in [0.2, 0.25) is 5.91 Å². The van der Waals surface area contributed by atoms with Crippen LogP contribution in [0.4, 0.5) is 11.4 Å². The Morgan fingerprint density at radius 2 is 2.25 bits per heavy atom. The molecule has 1 aromatic carbocycles. The standard InChI is InChI=1S/C11H14N2O3/c1-13(11(16)3-2-6-14)8-4-5-9(12)10(15)7-8/h4-7,15H,2-3,12H2,1H3. The molecule has 0 aliphatic rings. The molecule has 0 bridgehead atoms. The van der Waals surface area contributed by atoms with Gasteiger partial charge < -0.3 is 20.5 Å². The monoisotopic (exact) mass is 222 g/mol. The molecule has 0 aliphatic carbocycles. The van der Waals surface area contributed by atoms with E-state index in [1.165, 1.54) is 17.0 Å². The Morgan fingerprint density at radius 3 is 2.81 bits per heavy atom. The van der Waals surface area contributed by atoms with Crippen molar-refractivity contribution in [2.75, 3.05) is 17.7 Å². The van der Waals surface area contributed by atoms with E-state index in [1.54, 1.807) is 13.1 Å². The largest absolute Gasteiger partial charge is 0.506 e. The minimum absolute atomic E-state index is 0.0625. The Morgan fingerprint density at radius 1 is 1.56 bits per heavy atom. The van der Waals surface area contributed by atoms with E-state index in [0.717, 1.165) is 0 Å². The molecule has 16 heavy (non-hydrogen) atoms. The topological polar surface area (TPSA) is 83.6 Å². The number of carbonyl (C=O) groups excluding carboxylic acids is 2. The second kappa shape index (κ2) is 5.16. The van der Waals surface area contributed by atoms with Crippen molar-refractivity contribution in [2.24, 2.45) is 0 Å². The number of hydrogen-bond donors (Lipinski definition) is 2. The maximum absolute atomic E-state index is 11.6. The van der Waals surface area contributed by atoms with Crippen LogP contribution in [0.5, 0.6) is 5.75 Å². The summed E-state index contributed by atoms with van der Waals surface area (Å²) in [6.07, 6.45) is 1.06. The molecule has 0 saturated carbocycles. The molecule has 0 fully saturated rings. The van der Waals surface area contributed by atoms with Crippen molar-refractivity contribution in [1.29, 1.82) is 0 Å². The molecule has 1 aromatic rings. The van der Waals surface area contributed by atoms with E-state index >= 15 is 0 Å². The number of phenolic OH excluding ortho intramolecular Hbond substituents is 1. The number of nitrogen functional groups attached to an aromatic ring is 1. The van der Waals surface area contributed by atoms with Crippen LogP contribution in [-0.2, 0) is 9.59 Å². The average molecular weight is 222 g/mol. The SMILES string of the molecule is CN(C(=O)CCC=O)c1ccc(N)c(O)c1. The van der Waals surface area contributed by atoms with Gasteiger partial charge in [-0.25, -0.2) is 0 Å². The van der Waals surface area contributed by atoms with Crippen LogP contribution in [0, 0.1) is 0 Å². The molecule has 86 valence electrons. The van der Waals surface area contributed by atoms with Crippen molar-refractivity contribution in [1.82, 2.24) is 0 Å². The molecule has 0 unspecified atom stereocenters. The van der Waals surface area contributed by atoms with Crippen molar-refractivity contribution < 1.29 is 14.7 Å². The minimum Gasteiger partial charge on any atom is -0.506 e. The van der Waals surface area contributed by atoms with Crippen LogP contribution in [-0.4, -0.2) is 24.3 Å². The first-order valence-electron chi connectivity index (χ1n) is 4.85. The van der Waals surface area contributed by atoms with E-state index < -0.39 is 0 Å². The van der Waals surface area contributed by atoms with Gasteiger partial charge in [0.05, 0.1) is 5.69 Å². The Labute approximate surface area is 93.5 Å².